The first kappa shape index (κ1) is 11.1. The summed E-state index contributed by atoms with van der Waals surface area (Å²) >= 11 is 0. The quantitative estimate of drug-likeness (QED) is 0.870. The van der Waals surface area contributed by atoms with Crippen molar-refractivity contribution in [2.45, 2.75) is 25.8 Å². The fourth-order valence-corrected chi connectivity index (χ4v) is 1.63. The summed E-state index contributed by atoms with van der Waals surface area (Å²) in [5.74, 6) is 0.671. The lowest BCUT2D eigenvalue weighted by Gasteiger charge is -1.99. The second kappa shape index (κ2) is 4.22. The lowest BCUT2D eigenvalue weighted by molar-refractivity contribution is 0.149. The van der Waals surface area contributed by atoms with Gasteiger partial charge in [-0.3, -0.25) is 0 Å². The molecule has 0 aliphatic heterocycles. The molecule has 0 aliphatic rings. The van der Waals surface area contributed by atoms with E-state index in [-0.39, 0.29) is 12.5 Å². The summed E-state index contributed by atoms with van der Waals surface area (Å²) in [6.07, 6.45) is -2.58. The first-order chi connectivity index (χ1) is 7.56. The van der Waals surface area contributed by atoms with Crippen molar-refractivity contribution in [1.29, 1.82) is 0 Å². The van der Waals surface area contributed by atoms with E-state index in [2.05, 4.69) is 0 Å². The van der Waals surface area contributed by atoms with E-state index < -0.39 is 6.43 Å². The number of halogens is 2. The minimum atomic E-state index is -2.33. The van der Waals surface area contributed by atoms with Crippen molar-refractivity contribution >= 4 is 11.0 Å². The Morgan fingerprint density at radius 1 is 1.31 bits per heavy atom. The van der Waals surface area contributed by atoms with E-state index in [1.807, 2.05) is 13.0 Å². The third kappa shape index (κ3) is 2.22. The van der Waals surface area contributed by atoms with Gasteiger partial charge in [0, 0.05) is 11.8 Å². The summed E-state index contributed by atoms with van der Waals surface area (Å²) in [4.78, 5) is 0. The van der Waals surface area contributed by atoms with E-state index in [0.717, 1.165) is 5.39 Å². The summed E-state index contributed by atoms with van der Waals surface area (Å²) in [7, 11) is 0. The summed E-state index contributed by atoms with van der Waals surface area (Å²) < 4.78 is 29.9. The number of hydrogen-bond acceptors (Lipinski definition) is 2. The highest BCUT2D eigenvalue weighted by atomic mass is 19.3. The molecule has 4 heteroatoms. The number of alkyl halides is 2. The van der Waals surface area contributed by atoms with Crippen LogP contribution in [0.1, 0.15) is 24.3 Å². The number of rotatable bonds is 3. The third-order valence-corrected chi connectivity index (χ3v) is 2.44. The summed E-state index contributed by atoms with van der Waals surface area (Å²) in [5, 5.41) is 0.894. The van der Waals surface area contributed by atoms with Crippen LogP contribution >= 0.6 is 0 Å². The van der Waals surface area contributed by atoms with Crippen molar-refractivity contribution in [3.8, 4) is 0 Å². The molecule has 0 fully saturated rings. The molecule has 1 unspecified atom stereocenters. The fourth-order valence-electron chi connectivity index (χ4n) is 1.63. The van der Waals surface area contributed by atoms with Gasteiger partial charge in [-0.1, -0.05) is 12.1 Å². The standard InChI is InChI=1S/C12H13F2NO/c1-7(15)10-6-9-3-2-8(5-12(13)14)4-11(9)16-10/h2-4,6-7,12H,5,15H2,1H3. The molecule has 2 rings (SSSR count). The molecule has 0 spiro atoms. The maximum Gasteiger partial charge on any atom is 0.242 e. The Hall–Kier alpha value is -1.42. The molecule has 0 radical (unpaired) electrons. The number of hydrogen-bond donors (Lipinski definition) is 1. The highest BCUT2D eigenvalue weighted by Crippen LogP contribution is 2.24. The van der Waals surface area contributed by atoms with Gasteiger partial charge in [0.05, 0.1) is 6.04 Å². The van der Waals surface area contributed by atoms with Crippen LogP contribution in [0.5, 0.6) is 0 Å². The molecule has 0 saturated heterocycles. The van der Waals surface area contributed by atoms with E-state index in [1.165, 1.54) is 0 Å². The van der Waals surface area contributed by atoms with Gasteiger partial charge in [-0.2, -0.15) is 0 Å². The monoisotopic (exact) mass is 225 g/mol. The molecule has 0 saturated carbocycles. The van der Waals surface area contributed by atoms with Crippen LogP contribution in [0.2, 0.25) is 0 Å². The van der Waals surface area contributed by atoms with Crippen molar-refractivity contribution in [1.82, 2.24) is 0 Å². The Labute approximate surface area is 92.0 Å². The summed E-state index contributed by atoms with van der Waals surface area (Å²) in [5.41, 5.74) is 6.88. The molecule has 2 nitrogen and oxygen atoms in total. The maximum atomic E-state index is 12.2. The number of furan rings is 1. The Balaban J connectivity index is 2.38. The van der Waals surface area contributed by atoms with Crippen LogP contribution in [-0.2, 0) is 6.42 Å². The first-order valence-electron chi connectivity index (χ1n) is 5.12. The van der Waals surface area contributed by atoms with Crippen molar-refractivity contribution in [2.24, 2.45) is 5.73 Å². The van der Waals surface area contributed by atoms with Crippen molar-refractivity contribution in [2.75, 3.05) is 0 Å². The zero-order valence-corrected chi connectivity index (χ0v) is 8.91. The molecule has 1 aromatic heterocycles. The predicted molar refractivity (Wildman–Crippen MR) is 58.5 cm³/mol. The van der Waals surface area contributed by atoms with Crippen molar-refractivity contribution in [3.05, 3.63) is 35.6 Å². The molecule has 0 bridgehead atoms. The Morgan fingerprint density at radius 3 is 2.69 bits per heavy atom. The fraction of sp³-hybridized carbons (Fsp3) is 0.333. The molecule has 86 valence electrons. The van der Waals surface area contributed by atoms with Crippen LogP contribution in [0.3, 0.4) is 0 Å². The van der Waals surface area contributed by atoms with Gasteiger partial charge < -0.3 is 10.2 Å². The van der Waals surface area contributed by atoms with Crippen LogP contribution in [0.25, 0.3) is 11.0 Å². The third-order valence-electron chi connectivity index (χ3n) is 2.44. The van der Waals surface area contributed by atoms with Gasteiger partial charge in [-0.25, -0.2) is 8.78 Å². The number of benzene rings is 1. The first-order valence-corrected chi connectivity index (χ1v) is 5.12. The molecule has 2 N–H and O–H groups in total. The van der Waals surface area contributed by atoms with Crippen LogP contribution in [0, 0.1) is 0 Å². The summed E-state index contributed by atoms with van der Waals surface area (Å²) in [6, 6.07) is 6.77. The second-order valence-corrected chi connectivity index (χ2v) is 3.90. The highest BCUT2D eigenvalue weighted by molar-refractivity contribution is 5.78. The largest absolute Gasteiger partial charge is 0.459 e. The highest BCUT2D eigenvalue weighted by Gasteiger charge is 2.10. The van der Waals surface area contributed by atoms with Crippen LogP contribution < -0.4 is 5.73 Å². The normalized spacial score (nSPS) is 13.6. The van der Waals surface area contributed by atoms with E-state index in [4.69, 9.17) is 10.2 Å². The molecule has 16 heavy (non-hydrogen) atoms. The zero-order valence-electron chi connectivity index (χ0n) is 8.91. The van der Waals surface area contributed by atoms with Gasteiger partial charge in [0.1, 0.15) is 11.3 Å². The van der Waals surface area contributed by atoms with E-state index in [0.29, 0.717) is 16.9 Å². The average Bonchev–Trinajstić information content (AvgIpc) is 2.59. The van der Waals surface area contributed by atoms with Gasteiger partial charge in [-0.05, 0) is 24.6 Å². The van der Waals surface area contributed by atoms with Gasteiger partial charge in [0.2, 0.25) is 6.43 Å². The minimum Gasteiger partial charge on any atom is -0.459 e. The van der Waals surface area contributed by atoms with Crippen molar-refractivity contribution < 1.29 is 13.2 Å². The van der Waals surface area contributed by atoms with Crippen LogP contribution in [-0.4, -0.2) is 6.43 Å². The molecular formula is C12H13F2NO. The topological polar surface area (TPSA) is 39.2 Å². The van der Waals surface area contributed by atoms with Gasteiger partial charge in [0.25, 0.3) is 0 Å². The van der Waals surface area contributed by atoms with Gasteiger partial charge in [0.15, 0.2) is 0 Å². The lowest BCUT2D eigenvalue weighted by Crippen LogP contribution is -2.02. The molecule has 0 amide bonds. The Kier molecular flexibility index (Phi) is 2.92. The molecule has 0 aliphatic carbocycles. The summed E-state index contributed by atoms with van der Waals surface area (Å²) in [6.45, 7) is 1.82. The van der Waals surface area contributed by atoms with Crippen LogP contribution in [0.15, 0.2) is 28.7 Å². The number of fused-ring (bicyclic) bond motifs is 1. The Bertz CT molecular complexity index is 491. The van der Waals surface area contributed by atoms with Crippen molar-refractivity contribution in [3.63, 3.8) is 0 Å². The predicted octanol–water partition coefficient (Wildman–Crippen LogP) is 3.26. The van der Waals surface area contributed by atoms with Gasteiger partial charge >= 0.3 is 0 Å². The average molecular weight is 225 g/mol. The molecule has 1 heterocycles. The molecule has 2 aromatic rings. The Morgan fingerprint density at radius 2 is 2.06 bits per heavy atom. The molecule has 1 aromatic carbocycles. The lowest BCUT2D eigenvalue weighted by atomic mass is 10.1. The zero-order chi connectivity index (χ0) is 11.7. The van der Waals surface area contributed by atoms with Crippen LogP contribution in [0.4, 0.5) is 8.78 Å². The number of nitrogens with two attached hydrogens (primary N) is 1. The SMILES string of the molecule is CC(N)c1cc2ccc(CC(F)F)cc2o1. The molecule has 1 atom stereocenters. The maximum absolute atomic E-state index is 12.2. The second-order valence-electron chi connectivity index (χ2n) is 3.90. The van der Waals surface area contributed by atoms with E-state index in [1.54, 1.807) is 18.2 Å². The smallest absolute Gasteiger partial charge is 0.242 e. The van der Waals surface area contributed by atoms with Gasteiger partial charge in [-0.15, -0.1) is 0 Å². The molecular weight excluding hydrogens is 212 g/mol. The van der Waals surface area contributed by atoms with E-state index in [9.17, 15) is 8.78 Å². The minimum absolute atomic E-state index is 0.189. The van der Waals surface area contributed by atoms with E-state index >= 15 is 0 Å².